The van der Waals surface area contributed by atoms with Gasteiger partial charge in [-0.15, -0.1) is 0 Å². The number of aliphatic hydroxyl groups excluding tert-OH is 1. The molecule has 3 aromatic rings. The van der Waals surface area contributed by atoms with Gasteiger partial charge in [0.15, 0.2) is 0 Å². The van der Waals surface area contributed by atoms with Crippen LogP contribution in [-0.4, -0.2) is 61.6 Å². The maximum atomic E-state index is 11.1. The predicted octanol–water partition coefficient (Wildman–Crippen LogP) is 2.56. The van der Waals surface area contributed by atoms with E-state index in [2.05, 4.69) is 14.5 Å². The molecule has 1 aliphatic rings. The molecule has 7 heteroatoms. The van der Waals surface area contributed by atoms with Gasteiger partial charge in [0.2, 0.25) is 0 Å². The average Bonchev–Trinajstić information content (AvgIpc) is 3.23. The summed E-state index contributed by atoms with van der Waals surface area (Å²) < 4.78 is 9.53. The minimum absolute atomic E-state index is 0.553. The number of aryl methyl sites for hydroxylation is 2. The van der Waals surface area contributed by atoms with E-state index >= 15 is 0 Å². The smallest absolute Gasteiger partial charge is 0.119 e. The summed E-state index contributed by atoms with van der Waals surface area (Å²) >= 11 is 0. The molecule has 0 aliphatic carbocycles. The highest BCUT2D eigenvalue weighted by Crippen LogP contribution is 2.34. The fourth-order valence-electron chi connectivity index (χ4n) is 4.66. The van der Waals surface area contributed by atoms with E-state index in [0.29, 0.717) is 25.9 Å². The van der Waals surface area contributed by atoms with Crippen molar-refractivity contribution >= 4 is 10.9 Å². The number of benzene rings is 1. The lowest BCUT2D eigenvalue weighted by atomic mass is 9.90. The molecule has 1 fully saturated rings. The Hall–Kier alpha value is -2.35. The number of imidazole rings is 1. The van der Waals surface area contributed by atoms with Gasteiger partial charge in [0, 0.05) is 61.2 Å². The molecular weight excluding hydrogens is 380 g/mol. The summed E-state index contributed by atoms with van der Waals surface area (Å²) in [6.45, 7) is 6.64. The van der Waals surface area contributed by atoms with Crippen molar-refractivity contribution in [3.8, 4) is 5.75 Å². The second-order valence-corrected chi connectivity index (χ2v) is 8.58. The van der Waals surface area contributed by atoms with Crippen molar-refractivity contribution in [3.05, 3.63) is 47.7 Å². The highest BCUT2D eigenvalue weighted by Gasteiger charge is 2.34. The van der Waals surface area contributed by atoms with Gasteiger partial charge in [-0.05, 0) is 44.9 Å². The minimum atomic E-state index is -0.727. The topological polar surface area (TPSA) is 75.7 Å². The molecule has 2 aromatic heterocycles. The largest absolute Gasteiger partial charge is 0.497 e. The van der Waals surface area contributed by atoms with Crippen LogP contribution in [-0.2, 0) is 13.6 Å². The molecule has 1 aromatic carbocycles. The molecular formula is C23H32N4O3. The fourth-order valence-corrected chi connectivity index (χ4v) is 4.66. The summed E-state index contributed by atoms with van der Waals surface area (Å²) in [5.41, 5.74) is 2.39. The van der Waals surface area contributed by atoms with E-state index in [0.717, 1.165) is 46.8 Å². The summed E-state index contributed by atoms with van der Waals surface area (Å²) in [5, 5.41) is 23.2. The van der Waals surface area contributed by atoms with E-state index in [1.54, 1.807) is 13.3 Å². The second kappa shape index (κ2) is 8.06. The Morgan fingerprint density at radius 1 is 1.23 bits per heavy atom. The molecule has 0 bridgehead atoms. The number of hydrogen-bond acceptors (Lipinski definition) is 5. The van der Waals surface area contributed by atoms with Crippen LogP contribution in [0.4, 0.5) is 0 Å². The van der Waals surface area contributed by atoms with Crippen LogP contribution in [0.2, 0.25) is 0 Å². The zero-order valence-electron chi connectivity index (χ0n) is 18.3. The van der Waals surface area contributed by atoms with Crippen molar-refractivity contribution in [2.24, 2.45) is 7.05 Å². The van der Waals surface area contributed by atoms with Gasteiger partial charge in [-0.25, -0.2) is 4.98 Å². The van der Waals surface area contributed by atoms with Gasteiger partial charge in [-0.2, -0.15) is 0 Å². The lowest BCUT2D eigenvalue weighted by molar-refractivity contribution is -0.0418. The quantitative estimate of drug-likeness (QED) is 0.651. The number of piperidine rings is 1. The first-order chi connectivity index (χ1) is 14.3. The van der Waals surface area contributed by atoms with Crippen molar-refractivity contribution in [1.82, 2.24) is 19.0 Å². The molecule has 4 rings (SSSR count). The van der Waals surface area contributed by atoms with E-state index in [1.807, 2.05) is 49.9 Å². The molecule has 0 amide bonds. The van der Waals surface area contributed by atoms with Crippen LogP contribution in [0.25, 0.3) is 10.9 Å². The molecule has 0 saturated carbocycles. The molecule has 30 heavy (non-hydrogen) atoms. The summed E-state index contributed by atoms with van der Waals surface area (Å²) in [6.07, 6.45) is 4.45. The summed E-state index contributed by atoms with van der Waals surface area (Å²) in [4.78, 5) is 6.49. The Kier molecular flexibility index (Phi) is 5.61. The zero-order chi connectivity index (χ0) is 21.5. The van der Waals surface area contributed by atoms with Crippen LogP contribution in [0.1, 0.15) is 36.0 Å². The maximum absolute atomic E-state index is 11.1. The fraction of sp³-hybridized carbons (Fsp3) is 0.522. The highest BCUT2D eigenvalue weighted by atomic mass is 16.5. The third-order valence-electron chi connectivity index (χ3n) is 6.69. The number of β-amino-alcohol motifs (C(OH)–C–C–N with tert-alkyl or cyclic N) is 1. The zero-order valence-corrected chi connectivity index (χ0v) is 18.3. The number of likely N-dealkylation sites (tertiary alicyclic amines) is 1. The SMILES string of the molecule is COc1ccc2c(c1)c(C(O)CN1CCC(O)(Cn3ccnc3C)CC1)c(C)n2C. The molecule has 2 N–H and O–H groups in total. The average molecular weight is 413 g/mol. The van der Waals surface area contributed by atoms with E-state index in [1.165, 1.54) is 0 Å². The van der Waals surface area contributed by atoms with Gasteiger partial charge in [0.1, 0.15) is 11.6 Å². The molecule has 0 spiro atoms. The number of rotatable bonds is 6. The second-order valence-electron chi connectivity index (χ2n) is 8.58. The Morgan fingerprint density at radius 3 is 2.60 bits per heavy atom. The van der Waals surface area contributed by atoms with Crippen molar-refractivity contribution in [1.29, 1.82) is 0 Å². The van der Waals surface area contributed by atoms with Crippen LogP contribution in [0, 0.1) is 13.8 Å². The van der Waals surface area contributed by atoms with Gasteiger partial charge in [-0.3, -0.25) is 0 Å². The Balaban J connectivity index is 1.46. The minimum Gasteiger partial charge on any atom is -0.497 e. The summed E-state index contributed by atoms with van der Waals surface area (Å²) in [6, 6.07) is 5.99. The first-order valence-corrected chi connectivity index (χ1v) is 10.5. The van der Waals surface area contributed by atoms with Crippen LogP contribution >= 0.6 is 0 Å². The van der Waals surface area contributed by atoms with Crippen molar-refractivity contribution in [2.75, 3.05) is 26.7 Å². The maximum Gasteiger partial charge on any atom is 0.119 e. The van der Waals surface area contributed by atoms with E-state index < -0.39 is 11.7 Å². The number of aliphatic hydroxyl groups is 2. The van der Waals surface area contributed by atoms with Gasteiger partial charge in [0.05, 0.1) is 25.4 Å². The molecule has 7 nitrogen and oxygen atoms in total. The molecule has 162 valence electrons. The van der Waals surface area contributed by atoms with E-state index in [4.69, 9.17) is 4.74 Å². The molecule has 1 atom stereocenters. The summed E-state index contributed by atoms with van der Waals surface area (Å²) in [5.74, 6) is 1.71. The van der Waals surface area contributed by atoms with Crippen molar-refractivity contribution in [2.45, 2.75) is 44.9 Å². The standard InChI is InChI=1S/C23H32N4O3/c1-16-22(19-13-18(30-4)5-6-20(19)25(16)3)21(28)14-26-10-7-23(29,8-11-26)15-27-12-9-24-17(27)2/h5-6,9,12-13,21,28-29H,7-8,10-11,14-15H2,1-4H3. The number of aromatic nitrogens is 3. The van der Waals surface area contributed by atoms with E-state index in [-0.39, 0.29) is 0 Å². The van der Waals surface area contributed by atoms with Gasteiger partial charge >= 0.3 is 0 Å². The van der Waals surface area contributed by atoms with Gasteiger partial charge < -0.3 is 29.0 Å². The normalized spacial score (nSPS) is 18.1. The molecule has 1 unspecified atom stereocenters. The lowest BCUT2D eigenvalue weighted by Crippen LogP contribution is -2.47. The lowest BCUT2D eigenvalue weighted by Gasteiger charge is -2.39. The van der Waals surface area contributed by atoms with Crippen LogP contribution in [0.5, 0.6) is 5.75 Å². The summed E-state index contributed by atoms with van der Waals surface area (Å²) in [7, 11) is 3.69. The molecule has 3 heterocycles. The van der Waals surface area contributed by atoms with Crippen LogP contribution < -0.4 is 4.74 Å². The Bertz CT molecular complexity index is 1030. The number of fused-ring (bicyclic) bond motifs is 1. The predicted molar refractivity (Wildman–Crippen MR) is 117 cm³/mol. The van der Waals surface area contributed by atoms with Gasteiger partial charge in [-0.1, -0.05) is 0 Å². The molecule has 0 radical (unpaired) electrons. The van der Waals surface area contributed by atoms with Gasteiger partial charge in [0.25, 0.3) is 0 Å². The Labute approximate surface area is 177 Å². The molecule has 1 saturated heterocycles. The van der Waals surface area contributed by atoms with Crippen molar-refractivity contribution < 1.29 is 14.9 Å². The van der Waals surface area contributed by atoms with Crippen molar-refractivity contribution in [3.63, 3.8) is 0 Å². The monoisotopic (exact) mass is 412 g/mol. The Morgan fingerprint density at radius 2 is 1.97 bits per heavy atom. The first-order valence-electron chi connectivity index (χ1n) is 10.5. The number of methoxy groups -OCH3 is 1. The number of nitrogens with zero attached hydrogens (tertiary/aromatic N) is 4. The third-order valence-corrected chi connectivity index (χ3v) is 6.69. The van der Waals surface area contributed by atoms with Crippen LogP contribution in [0.15, 0.2) is 30.6 Å². The molecule has 1 aliphatic heterocycles. The van der Waals surface area contributed by atoms with Crippen LogP contribution in [0.3, 0.4) is 0 Å². The van der Waals surface area contributed by atoms with E-state index in [9.17, 15) is 10.2 Å². The number of ether oxygens (including phenoxy) is 1. The number of hydrogen-bond donors (Lipinski definition) is 2. The first kappa shape index (κ1) is 20.9. The third kappa shape index (κ3) is 3.85. The highest BCUT2D eigenvalue weighted by molar-refractivity contribution is 5.87.